The summed E-state index contributed by atoms with van der Waals surface area (Å²) in [5.41, 5.74) is 0.963. The summed E-state index contributed by atoms with van der Waals surface area (Å²) in [6.45, 7) is 3.99. The molecule has 14 heavy (non-hydrogen) atoms. The highest BCUT2D eigenvalue weighted by Crippen LogP contribution is 2.64. The summed E-state index contributed by atoms with van der Waals surface area (Å²) in [6, 6.07) is 3.80. The van der Waals surface area contributed by atoms with Crippen LogP contribution in [0.4, 0.5) is 0 Å². The Morgan fingerprint density at radius 2 is 2.00 bits per heavy atom. The molecule has 1 N–H and O–H groups in total. The van der Waals surface area contributed by atoms with Crippen molar-refractivity contribution in [1.29, 1.82) is 0 Å². The van der Waals surface area contributed by atoms with E-state index in [1.807, 2.05) is 26.0 Å². The minimum atomic E-state index is -0.697. The van der Waals surface area contributed by atoms with Gasteiger partial charge in [0.25, 0.3) is 0 Å². The van der Waals surface area contributed by atoms with Crippen LogP contribution in [0.25, 0.3) is 0 Å². The third kappa shape index (κ3) is 1.20. The number of aliphatic carboxylic acids is 1. The number of hydrogen-bond donors (Lipinski definition) is 1. The SMILES string of the molecule is CC1(C)C(C(=O)O)C1c1ccncc1. The lowest BCUT2D eigenvalue weighted by Gasteiger charge is -2.00. The van der Waals surface area contributed by atoms with Gasteiger partial charge in [0, 0.05) is 18.3 Å². The van der Waals surface area contributed by atoms with Gasteiger partial charge in [-0.25, -0.2) is 0 Å². The highest BCUT2D eigenvalue weighted by molar-refractivity contribution is 5.77. The second kappa shape index (κ2) is 2.80. The Labute approximate surface area is 82.8 Å². The number of nitrogens with zero attached hydrogens (tertiary/aromatic N) is 1. The molecule has 2 unspecified atom stereocenters. The van der Waals surface area contributed by atoms with Gasteiger partial charge in [-0.1, -0.05) is 13.8 Å². The van der Waals surface area contributed by atoms with E-state index in [1.54, 1.807) is 12.4 Å². The van der Waals surface area contributed by atoms with Crippen molar-refractivity contribution in [2.45, 2.75) is 19.8 Å². The number of carboxylic acid groups (broad SMARTS) is 1. The second-order valence-electron chi connectivity index (χ2n) is 4.40. The van der Waals surface area contributed by atoms with Crippen LogP contribution in [0.5, 0.6) is 0 Å². The molecule has 0 bridgehead atoms. The lowest BCUT2D eigenvalue weighted by Crippen LogP contribution is -2.03. The summed E-state index contributed by atoms with van der Waals surface area (Å²) in [6.07, 6.45) is 3.42. The summed E-state index contributed by atoms with van der Waals surface area (Å²) in [5, 5.41) is 9.00. The molecule has 3 heteroatoms. The summed E-state index contributed by atoms with van der Waals surface area (Å²) in [7, 11) is 0. The fraction of sp³-hybridized carbons (Fsp3) is 0.455. The zero-order chi connectivity index (χ0) is 10.3. The third-order valence-corrected chi connectivity index (χ3v) is 3.16. The molecule has 0 aliphatic heterocycles. The Morgan fingerprint density at radius 1 is 1.43 bits per heavy atom. The van der Waals surface area contributed by atoms with Crippen molar-refractivity contribution >= 4 is 5.97 Å². The van der Waals surface area contributed by atoms with Crippen LogP contribution in [0.15, 0.2) is 24.5 Å². The molecule has 2 rings (SSSR count). The molecule has 3 nitrogen and oxygen atoms in total. The lowest BCUT2D eigenvalue weighted by molar-refractivity contribution is -0.139. The number of hydrogen-bond acceptors (Lipinski definition) is 2. The summed E-state index contributed by atoms with van der Waals surface area (Å²) < 4.78 is 0. The van der Waals surface area contributed by atoms with E-state index in [-0.39, 0.29) is 17.3 Å². The van der Waals surface area contributed by atoms with Gasteiger partial charge in [0.2, 0.25) is 0 Å². The molecule has 1 aromatic rings. The number of rotatable bonds is 2. The van der Waals surface area contributed by atoms with Gasteiger partial charge in [-0.3, -0.25) is 9.78 Å². The van der Waals surface area contributed by atoms with Crippen molar-refractivity contribution in [3.05, 3.63) is 30.1 Å². The van der Waals surface area contributed by atoms with Gasteiger partial charge in [0.05, 0.1) is 5.92 Å². The Hall–Kier alpha value is -1.38. The Bertz CT molecular complexity index is 359. The largest absolute Gasteiger partial charge is 0.481 e. The van der Waals surface area contributed by atoms with Crippen molar-refractivity contribution in [3.8, 4) is 0 Å². The highest BCUT2D eigenvalue weighted by Gasteiger charge is 2.62. The van der Waals surface area contributed by atoms with Crippen molar-refractivity contribution < 1.29 is 9.90 Å². The first kappa shape index (κ1) is 9.19. The molecule has 1 aliphatic rings. The summed E-state index contributed by atoms with van der Waals surface area (Å²) in [4.78, 5) is 14.9. The van der Waals surface area contributed by atoms with Gasteiger partial charge in [0.1, 0.15) is 0 Å². The minimum absolute atomic E-state index is 0.118. The first-order valence-corrected chi connectivity index (χ1v) is 4.68. The third-order valence-electron chi connectivity index (χ3n) is 3.16. The molecule has 2 atom stereocenters. The molecule has 1 fully saturated rings. The molecule has 0 aromatic carbocycles. The van der Waals surface area contributed by atoms with Crippen LogP contribution in [0.3, 0.4) is 0 Å². The molecule has 1 saturated carbocycles. The fourth-order valence-corrected chi connectivity index (χ4v) is 2.29. The van der Waals surface area contributed by atoms with E-state index in [4.69, 9.17) is 5.11 Å². The molecular weight excluding hydrogens is 178 g/mol. The van der Waals surface area contributed by atoms with E-state index in [0.29, 0.717) is 0 Å². The van der Waals surface area contributed by atoms with E-state index < -0.39 is 5.97 Å². The van der Waals surface area contributed by atoms with Crippen LogP contribution >= 0.6 is 0 Å². The highest BCUT2D eigenvalue weighted by atomic mass is 16.4. The molecular formula is C11H13NO2. The maximum Gasteiger partial charge on any atom is 0.307 e. The molecule has 0 saturated heterocycles. The Morgan fingerprint density at radius 3 is 2.43 bits per heavy atom. The zero-order valence-electron chi connectivity index (χ0n) is 8.27. The fourth-order valence-electron chi connectivity index (χ4n) is 2.29. The van der Waals surface area contributed by atoms with Gasteiger partial charge in [-0.15, -0.1) is 0 Å². The normalized spacial score (nSPS) is 28.4. The van der Waals surface area contributed by atoms with Crippen molar-refractivity contribution in [3.63, 3.8) is 0 Å². The van der Waals surface area contributed by atoms with E-state index in [1.165, 1.54) is 0 Å². The smallest absolute Gasteiger partial charge is 0.307 e. The van der Waals surface area contributed by atoms with Gasteiger partial charge < -0.3 is 5.11 Å². The van der Waals surface area contributed by atoms with Crippen molar-refractivity contribution in [2.24, 2.45) is 11.3 Å². The van der Waals surface area contributed by atoms with E-state index in [9.17, 15) is 4.79 Å². The number of carboxylic acids is 1. The van der Waals surface area contributed by atoms with Crippen molar-refractivity contribution in [2.75, 3.05) is 0 Å². The van der Waals surface area contributed by atoms with Crippen LogP contribution in [0, 0.1) is 11.3 Å². The predicted octanol–water partition coefficient (Wildman–Crippen LogP) is 1.91. The minimum Gasteiger partial charge on any atom is -0.481 e. The molecule has 0 spiro atoms. The maximum absolute atomic E-state index is 10.9. The molecule has 1 heterocycles. The van der Waals surface area contributed by atoms with E-state index in [2.05, 4.69) is 4.98 Å². The maximum atomic E-state index is 10.9. The zero-order valence-corrected chi connectivity index (χ0v) is 8.27. The molecule has 74 valence electrons. The quantitative estimate of drug-likeness (QED) is 0.776. The average molecular weight is 191 g/mol. The van der Waals surface area contributed by atoms with Gasteiger partial charge in [0.15, 0.2) is 0 Å². The van der Waals surface area contributed by atoms with E-state index in [0.717, 1.165) is 5.56 Å². The van der Waals surface area contributed by atoms with Crippen LogP contribution in [-0.2, 0) is 4.79 Å². The molecule has 0 radical (unpaired) electrons. The standard InChI is InChI=1S/C11H13NO2/c1-11(2)8(9(11)10(13)14)7-3-5-12-6-4-7/h3-6,8-9H,1-2H3,(H,13,14). The number of carbonyl (C=O) groups is 1. The number of pyridine rings is 1. The van der Waals surface area contributed by atoms with Crippen LogP contribution in [-0.4, -0.2) is 16.1 Å². The Kier molecular flexibility index (Phi) is 1.84. The second-order valence-corrected chi connectivity index (χ2v) is 4.40. The predicted molar refractivity (Wildman–Crippen MR) is 51.9 cm³/mol. The van der Waals surface area contributed by atoms with Gasteiger partial charge >= 0.3 is 5.97 Å². The molecule has 0 amide bonds. The van der Waals surface area contributed by atoms with Gasteiger partial charge in [-0.2, -0.15) is 0 Å². The number of aromatic nitrogens is 1. The monoisotopic (exact) mass is 191 g/mol. The van der Waals surface area contributed by atoms with Crippen LogP contribution in [0.2, 0.25) is 0 Å². The van der Waals surface area contributed by atoms with Crippen molar-refractivity contribution in [1.82, 2.24) is 4.98 Å². The topological polar surface area (TPSA) is 50.2 Å². The van der Waals surface area contributed by atoms with Crippen LogP contribution in [0.1, 0.15) is 25.3 Å². The van der Waals surface area contributed by atoms with Crippen LogP contribution < -0.4 is 0 Å². The Balaban J connectivity index is 2.28. The average Bonchev–Trinajstić information content (AvgIpc) is 2.71. The summed E-state index contributed by atoms with van der Waals surface area (Å²) >= 11 is 0. The molecule has 1 aliphatic carbocycles. The molecule has 1 aromatic heterocycles. The first-order chi connectivity index (χ1) is 6.55. The van der Waals surface area contributed by atoms with Gasteiger partial charge in [-0.05, 0) is 23.1 Å². The van der Waals surface area contributed by atoms with E-state index >= 15 is 0 Å². The lowest BCUT2D eigenvalue weighted by atomic mass is 10.0. The summed E-state index contributed by atoms with van der Waals surface area (Å²) in [5.74, 6) is -0.801. The first-order valence-electron chi connectivity index (χ1n) is 4.68.